The highest BCUT2D eigenvalue weighted by Crippen LogP contribution is 2.22. The Morgan fingerprint density at radius 3 is 2.73 bits per heavy atom. The molecule has 1 saturated heterocycles. The number of nitrogens with zero attached hydrogens (tertiary/aromatic N) is 2. The van der Waals surface area contributed by atoms with Crippen LogP contribution in [0.4, 0.5) is 0 Å². The van der Waals surface area contributed by atoms with E-state index in [1.807, 2.05) is 0 Å². The number of hydrogen-bond acceptors (Lipinski definition) is 3. The van der Waals surface area contributed by atoms with Gasteiger partial charge < -0.3 is 4.90 Å². The monoisotopic (exact) mass is 210 g/mol. The molecule has 1 aliphatic carbocycles. The first-order valence-corrected chi connectivity index (χ1v) is 6.11. The van der Waals surface area contributed by atoms with Gasteiger partial charge in [-0.1, -0.05) is 0 Å². The highest BCUT2D eigenvalue weighted by molar-refractivity contribution is 5.85. The van der Waals surface area contributed by atoms with E-state index < -0.39 is 0 Å². The van der Waals surface area contributed by atoms with E-state index in [0.717, 1.165) is 25.8 Å². The van der Waals surface area contributed by atoms with Gasteiger partial charge in [0.2, 0.25) is 0 Å². The molecule has 3 nitrogen and oxygen atoms in total. The number of carbonyl (C=O) groups excluding carboxylic acids is 1. The summed E-state index contributed by atoms with van der Waals surface area (Å²) in [5, 5.41) is 0. The molecule has 15 heavy (non-hydrogen) atoms. The molecule has 1 aliphatic heterocycles. The summed E-state index contributed by atoms with van der Waals surface area (Å²) in [6, 6.07) is 0.891. The molecule has 2 unspecified atom stereocenters. The predicted molar refractivity (Wildman–Crippen MR) is 60.9 cm³/mol. The minimum absolute atomic E-state index is 0.221. The number of hydrogen-bond donors (Lipinski definition) is 0. The smallest absolute Gasteiger partial charge is 0.149 e. The Balaban J connectivity index is 1.85. The zero-order valence-electron chi connectivity index (χ0n) is 9.91. The molecular formula is C12H22N2O. The minimum Gasteiger partial charge on any atom is -0.302 e. The fourth-order valence-corrected chi connectivity index (χ4v) is 2.93. The standard InChI is InChI=1S/C12H22N2O/c1-13-8-4-5-10(13)9-14(2)11-6-3-7-12(11)15/h10-11H,3-9H2,1-2H3. The fourth-order valence-electron chi connectivity index (χ4n) is 2.93. The molecule has 0 amide bonds. The van der Waals surface area contributed by atoms with Crippen LogP contribution in [0.25, 0.3) is 0 Å². The third-order valence-corrected chi connectivity index (χ3v) is 3.97. The van der Waals surface area contributed by atoms with Crippen molar-refractivity contribution in [1.82, 2.24) is 9.80 Å². The number of carbonyl (C=O) groups is 1. The van der Waals surface area contributed by atoms with E-state index in [4.69, 9.17) is 0 Å². The molecule has 2 fully saturated rings. The van der Waals surface area contributed by atoms with Crippen LogP contribution in [0.2, 0.25) is 0 Å². The van der Waals surface area contributed by atoms with Gasteiger partial charge in [0.25, 0.3) is 0 Å². The number of rotatable bonds is 3. The average molecular weight is 210 g/mol. The normalized spacial score (nSPS) is 33.1. The highest BCUT2D eigenvalue weighted by Gasteiger charge is 2.31. The van der Waals surface area contributed by atoms with E-state index in [1.54, 1.807) is 0 Å². The molecule has 2 rings (SSSR count). The van der Waals surface area contributed by atoms with E-state index in [-0.39, 0.29) is 6.04 Å². The van der Waals surface area contributed by atoms with Crippen LogP contribution >= 0.6 is 0 Å². The van der Waals surface area contributed by atoms with Crippen LogP contribution in [0.3, 0.4) is 0 Å². The van der Waals surface area contributed by atoms with Gasteiger partial charge in [-0.15, -0.1) is 0 Å². The lowest BCUT2D eigenvalue weighted by Gasteiger charge is -2.29. The average Bonchev–Trinajstić information content (AvgIpc) is 2.76. The lowest BCUT2D eigenvalue weighted by molar-refractivity contribution is -0.121. The number of likely N-dealkylation sites (N-methyl/N-ethyl adjacent to an activating group) is 2. The van der Waals surface area contributed by atoms with Crippen molar-refractivity contribution in [3.63, 3.8) is 0 Å². The van der Waals surface area contributed by atoms with Crippen LogP contribution in [0.15, 0.2) is 0 Å². The first-order chi connectivity index (χ1) is 7.18. The van der Waals surface area contributed by atoms with Crippen LogP contribution < -0.4 is 0 Å². The van der Waals surface area contributed by atoms with Crippen LogP contribution in [-0.2, 0) is 4.79 Å². The first-order valence-electron chi connectivity index (χ1n) is 6.11. The molecule has 86 valence electrons. The zero-order valence-corrected chi connectivity index (χ0v) is 9.91. The van der Waals surface area contributed by atoms with Gasteiger partial charge in [0.1, 0.15) is 5.78 Å². The van der Waals surface area contributed by atoms with Crippen LogP contribution in [-0.4, -0.2) is 54.9 Å². The Bertz CT molecular complexity index is 242. The third-order valence-electron chi connectivity index (χ3n) is 3.97. The Morgan fingerprint density at radius 2 is 2.20 bits per heavy atom. The first kappa shape index (κ1) is 11.1. The summed E-state index contributed by atoms with van der Waals surface area (Å²) in [4.78, 5) is 16.3. The minimum atomic E-state index is 0.221. The van der Waals surface area contributed by atoms with Crippen LogP contribution in [0.5, 0.6) is 0 Å². The number of Topliss-reactive ketones (excluding diaryl/α,β-unsaturated/α-hetero) is 1. The summed E-state index contributed by atoms with van der Waals surface area (Å²) >= 11 is 0. The maximum Gasteiger partial charge on any atom is 0.149 e. The van der Waals surface area contributed by atoms with Gasteiger partial charge in [-0.25, -0.2) is 0 Å². The molecule has 0 radical (unpaired) electrons. The predicted octanol–water partition coefficient (Wildman–Crippen LogP) is 1.13. The summed E-state index contributed by atoms with van der Waals surface area (Å²) in [5.41, 5.74) is 0. The second kappa shape index (κ2) is 4.62. The van der Waals surface area contributed by atoms with Crippen molar-refractivity contribution in [1.29, 1.82) is 0 Å². The van der Waals surface area contributed by atoms with E-state index in [2.05, 4.69) is 23.9 Å². The summed E-state index contributed by atoms with van der Waals surface area (Å²) in [5.74, 6) is 0.457. The maximum absolute atomic E-state index is 11.6. The molecule has 0 aromatic carbocycles. The van der Waals surface area contributed by atoms with Crippen molar-refractivity contribution in [2.75, 3.05) is 27.2 Å². The third kappa shape index (κ3) is 2.40. The van der Waals surface area contributed by atoms with Gasteiger partial charge in [-0.3, -0.25) is 9.69 Å². The van der Waals surface area contributed by atoms with Gasteiger partial charge in [-0.05, 0) is 46.3 Å². The van der Waals surface area contributed by atoms with E-state index in [0.29, 0.717) is 11.8 Å². The molecule has 2 atom stereocenters. The second-order valence-electron chi connectivity index (χ2n) is 5.09. The Morgan fingerprint density at radius 1 is 1.40 bits per heavy atom. The van der Waals surface area contributed by atoms with Crippen molar-refractivity contribution in [2.45, 2.75) is 44.2 Å². The molecule has 0 spiro atoms. The molecule has 0 aromatic heterocycles. The topological polar surface area (TPSA) is 23.6 Å². The Labute approximate surface area is 92.4 Å². The summed E-state index contributed by atoms with van der Waals surface area (Å²) in [6.07, 6.45) is 5.57. The lowest BCUT2D eigenvalue weighted by Crippen LogP contribution is -2.43. The molecule has 1 heterocycles. The fraction of sp³-hybridized carbons (Fsp3) is 0.917. The van der Waals surface area contributed by atoms with Gasteiger partial charge >= 0.3 is 0 Å². The summed E-state index contributed by atoms with van der Waals surface area (Å²) < 4.78 is 0. The van der Waals surface area contributed by atoms with Gasteiger partial charge in [0.05, 0.1) is 6.04 Å². The molecule has 3 heteroatoms. The van der Waals surface area contributed by atoms with E-state index in [1.165, 1.54) is 19.4 Å². The SMILES string of the molecule is CN1CCCC1CN(C)C1CCCC1=O. The molecular weight excluding hydrogens is 188 g/mol. The van der Waals surface area contributed by atoms with Gasteiger partial charge in [-0.2, -0.15) is 0 Å². The Hall–Kier alpha value is -0.410. The molecule has 0 bridgehead atoms. The number of likely N-dealkylation sites (tertiary alicyclic amines) is 1. The molecule has 0 N–H and O–H groups in total. The second-order valence-corrected chi connectivity index (χ2v) is 5.09. The van der Waals surface area contributed by atoms with Crippen molar-refractivity contribution in [3.8, 4) is 0 Å². The molecule has 2 aliphatic rings. The number of ketones is 1. The summed E-state index contributed by atoms with van der Waals surface area (Å²) in [6.45, 7) is 2.28. The van der Waals surface area contributed by atoms with Crippen molar-refractivity contribution in [3.05, 3.63) is 0 Å². The van der Waals surface area contributed by atoms with E-state index >= 15 is 0 Å². The van der Waals surface area contributed by atoms with Gasteiger partial charge in [0, 0.05) is 19.0 Å². The quantitative estimate of drug-likeness (QED) is 0.698. The van der Waals surface area contributed by atoms with Crippen molar-refractivity contribution >= 4 is 5.78 Å². The zero-order chi connectivity index (χ0) is 10.8. The largest absolute Gasteiger partial charge is 0.302 e. The lowest BCUT2D eigenvalue weighted by atomic mass is 10.1. The van der Waals surface area contributed by atoms with Crippen molar-refractivity contribution in [2.24, 2.45) is 0 Å². The van der Waals surface area contributed by atoms with Crippen LogP contribution in [0.1, 0.15) is 32.1 Å². The van der Waals surface area contributed by atoms with Crippen molar-refractivity contribution < 1.29 is 4.79 Å². The Kier molecular flexibility index (Phi) is 3.42. The summed E-state index contributed by atoms with van der Waals surface area (Å²) in [7, 11) is 4.31. The van der Waals surface area contributed by atoms with E-state index in [9.17, 15) is 4.79 Å². The van der Waals surface area contributed by atoms with Gasteiger partial charge in [0.15, 0.2) is 0 Å². The molecule has 0 aromatic rings. The van der Waals surface area contributed by atoms with Crippen LogP contribution in [0, 0.1) is 0 Å². The maximum atomic E-state index is 11.6. The molecule has 1 saturated carbocycles. The highest BCUT2D eigenvalue weighted by atomic mass is 16.1.